The van der Waals surface area contributed by atoms with Crippen molar-refractivity contribution in [3.8, 4) is 0 Å². The number of thioether (sulfide) groups is 1. The third kappa shape index (κ3) is 6.47. The molecule has 2 aromatic rings. The number of fused-ring (bicyclic) bond motifs is 1. The van der Waals surface area contributed by atoms with Crippen LogP contribution in [0.1, 0.15) is 43.9 Å². The predicted molar refractivity (Wildman–Crippen MR) is 147 cm³/mol. The number of carboxylic acids is 1. The van der Waals surface area contributed by atoms with Crippen molar-refractivity contribution in [3.63, 3.8) is 0 Å². The first-order valence-electron chi connectivity index (χ1n) is 13.4. The normalized spacial score (nSPS) is 24.4. The molecule has 0 aromatic heterocycles. The Morgan fingerprint density at radius 3 is 2.36 bits per heavy atom. The van der Waals surface area contributed by atoms with E-state index in [1.807, 2.05) is 6.07 Å². The third-order valence-corrected chi connectivity index (χ3v) is 9.15. The van der Waals surface area contributed by atoms with Gasteiger partial charge in [0.25, 0.3) is 0 Å². The SMILES string of the molecule is CC1(C)S[C@@H]2[C@H](NC(=O)C(c3ccccc3)N(C(=O)OCc3ccccc3)C(=O)[C@H]3CCCN3)C(=O)N2[C@H]1C(=O)[O-].[K+]. The van der Waals surface area contributed by atoms with Gasteiger partial charge in [-0.05, 0) is 44.4 Å². The molecule has 0 radical (unpaired) electrons. The number of benzene rings is 2. The minimum absolute atomic E-state index is 0. The minimum atomic E-state index is -1.44. The van der Waals surface area contributed by atoms with Crippen LogP contribution in [0.2, 0.25) is 0 Å². The third-order valence-electron chi connectivity index (χ3n) is 7.58. The molecule has 4 amide bonds. The van der Waals surface area contributed by atoms with E-state index in [0.29, 0.717) is 24.1 Å². The van der Waals surface area contributed by atoms with Gasteiger partial charge in [-0.1, -0.05) is 60.7 Å². The number of hydrogen-bond acceptors (Lipinski definition) is 9. The average Bonchev–Trinajstić information content (AvgIpc) is 3.59. The van der Waals surface area contributed by atoms with E-state index in [1.165, 1.54) is 16.7 Å². The van der Waals surface area contributed by atoms with Crippen molar-refractivity contribution < 1.29 is 85.2 Å². The average molecular weight is 619 g/mol. The number of β-lactam (4-membered cyclic amide) rings is 1. The Hall–Kier alpha value is -2.26. The summed E-state index contributed by atoms with van der Waals surface area (Å²) in [5, 5.41) is 16.9. The van der Waals surface area contributed by atoms with Crippen molar-refractivity contribution in [1.82, 2.24) is 20.4 Å². The topological polar surface area (TPSA) is 148 Å². The zero-order valence-corrected chi connectivity index (χ0v) is 27.6. The maximum atomic E-state index is 14.0. The van der Waals surface area contributed by atoms with Gasteiger partial charge in [-0.2, -0.15) is 0 Å². The van der Waals surface area contributed by atoms with Gasteiger partial charge >= 0.3 is 57.5 Å². The van der Waals surface area contributed by atoms with Crippen LogP contribution in [0.5, 0.6) is 0 Å². The number of amides is 4. The summed E-state index contributed by atoms with van der Waals surface area (Å²) in [4.78, 5) is 68.2. The summed E-state index contributed by atoms with van der Waals surface area (Å²) in [5.74, 6) is -3.30. The number of rotatable bonds is 8. The van der Waals surface area contributed by atoms with Crippen LogP contribution in [0.3, 0.4) is 0 Å². The van der Waals surface area contributed by atoms with Gasteiger partial charge in [-0.15, -0.1) is 11.8 Å². The minimum Gasteiger partial charge on any atom is -0.548 e. The second kappa shape index (κ2) is 13.6. The van der Waals surface area contributed by atoms with Gasteiger partial charge in [0.15, 0.2) is 0 Å². The second-order valence-corrected chi connectivity index (χ2v) is 12.5. The fraction of sp³-hybridized carbons (Fsp3) is 0.414. The van der Waals surface area contributed by atoms with E-state index < -0.39 is 64.1 Å². The largest absolute Gasteiger partial charge is 1.00 e. The Labute approximate surface area is 290 Å². The summed E-state index contributed by atoms with van der Waals surface area (Å²) in [5.41, 5.74) is 1.06. The van der Waals surface area contributed by atoms with Crippen LogP contribution >= 0.6 is 11.8 Å². The number of carboxylic acid groups (broad SMARTS) is 1. The molecule has 3 heterocycles. The molecule has 3 aliphatic heterocycles. The molecule has 3 aliphatic rings. The van der Waals surface area contributed by atoms with Crippen LogP contribution < -0.4 is 67.1 Å². The van der Waals surface area contributed by atoms with Crippen LogP contribution in [0.25, 0.3) is 0 Å². The summed E-state index contributed by atoms with van der Waals surface area (Å²) in [6.45, 7) is 3.88. The van der Waals surface area contributed by atoms with E-state index in [9.17, 15) is 29.1 Å². The number of hydrogen-bond donors (Lipinski definition) is 2. The molecule has 2 N–H and O–H groups in total. The first-order valence-corrected chi connectivity index (χ1v) is 14.3. The number of imide groups is 1. The molecule has 2 aromatic carbocycles. The standard InChI is InChI=1S/C29H32N4O7S.K/c1-29(2)22(27(37)38)33-25(36)20(26(33)41-29)31-23(34)21(18-12-7-4-8-13-18)32(24(35)19-14-9-15-30-19)28(39)40-16-17-10-5-3-6-11-17;/h3-8,10-13,19-22,26,30H,9,14-16H2,1-2H3,(H,31,34)(H,37,38);/q;+1/p-1/t19-,20-,21?,22+,26-;/m1./s1. The van der Waals surface area contributed by atoms with Gasteiger partial charge in [0.1, 0.15) is 24.1 Å². The molecule has 13 heteroatoms. The molecule has 216 valence electrons. The summed E-state index contributed by atoms with van der Waals surface area (Å²) in [6.07, 6.45) is 0.219. The van der Waals surface area contributed by atoms with E-state index in [-0.39, 0.29) is 58.0 Å². The molecular formula is C29H31KN4O7S. The number of carbonyl (C=O) groups excluding carboxylic acids is 5. The van der Waals surface area contributed by atoms with Crippen molar-refractivity contribution in [2.75, 3.05) is 6.54 Å². The molecule has 0 bridgehead atoms. The maximum absolute atomic E-state index is 14.0. The zero-order chi connectivity index (χ0) is 29.3. The number of nitrogens with one attached hydrogen (secondary N) is 2. The molecule has 0 saturated carbocycles. The van der Waals surface area contributed by atoms with E-state index in [4.69, 9.17) is 4.74 Å². The Morgan fingerprint density at radius 2 is 1.76 bits per heavy atom. The first-order chi connectivity index (χ1) is 19.6. The Bertz CT molecular complexity index is 1340. The molecule has 3 saturated heterocycles. The number of aliphatic carboxylic acids is 1. The van der Waals surface area contributed by atoms with Gasteiger partial charge in [-0.25, -0.2) is 9.69 Å². The summed E-state index contributed by atoms with van der Waals surface area (Å²) in [6, 6.07) is 13.0. The monoisotopic (exact) mass is 618 g/mol. The van der Waals surface area contributed by atoms with E-state index >= 15 is 0 Å². The van der Waals surface area contributed by atoms with Crippen LogP contribution in [0.4, 0.5) is 4.79 Å². The van der Waals surface area contributed by atoms with Crippen molar-refractivity contribution in [3.05, 3.63) is 71.8 Å². The smallest absolute Gasteiger partial charge is 0.548 e. The van der Waals surface area contributed by atoms with E-state index in [1.54, 1.807) is 68.4 Å². The predicted octanol–water partition coefficient (Wildman–Crippen LogP) is -2.05. The van der Waals surface area contributed by atoms with Crippen LogP contribution in [-0.4, -0.2) is 74.4 Å². The Balaban J connectivity index is 0.00000405. The molecule has 42 heavy (non-hydrogen) atoms. The van der Waals surface area contributed by atoms with Gasteiger partial charge in [0.05, 0.1) is 18.1 Å². The molecule has 0 aliphatic carbocycles. The Morgan fingerprint density at radius 1 is 1.12 bits per heavy atom. The van der Waals surface area contributed by atoms with Crippen molar-refractivity contribution in [2.45, 2.75) is 67.6 Å². The molecule has 5 rings (SSSR count). The fourth-order valence-electron chi connectivity index (χ4n) is 5.59. The van der Waals surface area contributed by atoms with Crippen molar-refractivity contribution >= 4 is 41.5 Å². The van der Waals surface area contributed by atoms with Crippen LogP contribution in [0.15, 0.2) is 60.7 Å². The molecular weight excluding hydrogens is 588 g/mol. The first kappa shape index (κ1) is 32.6. The molecule has 5 atom stereocenters. The quantitative estimate of drug-likeness (QED) is 0.252. The summed E-state index contributed by atoms with van der Waals surface area (Å²) in [7, 11) is 0. The number of carbonyl (C=O) groups is 5. The van der Waals surface area contributed by atoms with Gasteiger partial charge in [0, 0.05) is 4.75 Å². The number of ether oxygens (including phenoxy) is 1. The summed E-state index contributed by atoms with van der Waals surface area (Å²) >= 11 is 1.25. The second-order valence-electron chi connectivity index (χ2n) is 10.8. The van der Waals surface area contributed by atoms with Gasteiger partial charge < -0.3 is 30.2 Å². The maximum Gasteiger partial charge on any atom is 1.00 e. The number of nitrogens with zero attached hydrogens (tertiary/aromatic N) is 2. The van der Waals surface area contributed by atoms with Crippen LogP contribution in [-0.2, 0) is 30.5 Å². The molecule has 1 unspecified atom stereocenters. The van der Waals surface area contributed by atoms with Gasteiger partial charge in [-0.3, -0.25) is 14.4 Å². The zero-order valence-electron chi connectivity index (χ0n) is 23.6. The van der Waals surface area contributed by atoms with Gasteiger partial charge in [0.2, 0.25) is 17.7 Å². The van der Waals surface area contributed by atoms with Crippen LogP contribution in [0, 0.1) is 0 Å². The molecule has 0 spiro atoms. The summed E-state index contributed by atoms with van der Waals surface area (Å²) < 4.78 is 4.70. The Kier molecular flexibility index (Phi) is 10.6. The fourth-order valence-corrected chi connectivity index (χ4v) is 7.21. The van der Waals surface area contributed by atoms with Crippen molar-refractivity contribution in [2.24, 2.45) is 0 Å². The van der Waals surface area contributed by atoms with Crippen molar-refractivity contribution in [1.29, 1.82) is 0 Å². The molecule has 3 fully saturated rings. The van der Waals surface area contributed by atoms with E-state index in [2.05, 4.69) is 10.6 Å². The van der Waals surface area contributed by atoms with E-state index in [0.717, 1.165) is 11.3 Å². The molecule has 11 nitrogen and oxygen atoms in total.